The van der Waals surface area contributed by atoms with Gasteiger partial charge in [0.05, 0.1) is 0 Å². The number of hydrogen-bond donors (Lipinski definition) is 0. The Hall–Kier alpha value is -0.950. The minimum atomic E-state index is -1.77. The molecule has 0 spiro atoms. The molecule has 0 saturated heterocycles. The van der Waals surface area contributed by atoms with E-state index in [1.807, 2.05) is 6.92 Å². The highest BCUT2D eigenvalue weighted by Crippen LogP contribution is 2.12. The molecule has 0 aliphatic rings. The molecule has 0 radical (unpaired) electrons. The second-order valence-corrected chi connectivity index (χ2v) is 4.49. The second-order valence-electron chi connectivity index (χ2n) is 3.04. The van der Waals surface area contributed by atoms with Crippen LogP contribution >= 0.6 is 0 Å². The molecule has 0 N–H and O–H groups in total. The highest BCUT2D eigenvalue weighted by atomic mass is 32.2. The fourth-order valence-corrected chi connectivity index (χ4v) is 1.84. The molecule has 0 aliphatic heterocycles. The maximum absolute atomic E-state index is 11.7. The summed E-state index contributed by atoms with van der Waals surface area (Å²) in [6, 6.07) is 0. The van der Waals surface area contributed by atoms with E-state index in [-0.39, 0.29) is 17.4 Å². The van der Waals surface area contributed by atoms with Gasteiger partial charge in [0.1, 0.15) is 5.75 Å². The van der Waals surface area contributed by atoms with Crippen molar-refractivity contribution in [1.29, 1.82) is 0 Å². The summed E-state index contributed by atoms with van der Waals surface area (Å²) in [5.41, 5.74) is 0. The average molecular weight is 250 g/mol. The maximum atomic E-state index is 11.7. The summed E-state index contributed by atoms with van der Waals surface area (Å²) in [7, 11) is 0. The molecule has 0 fully saturated rings. The van der Waals surface area contributed by atoms with Gasteiger partial charge in [-0.1, -0.05) is 12.0 Å². The van der Waals surface area contributed by atoms with Gasteiger partial charge in [-0.25, -0.2) is 0 Å². The molecule has 0 aromatic carbocycles. The van der Waals surface area contributed by atoms with Crippen LogP contribution in [0.3, 0.4) is 0 Å². The highest BCUT2D eigenvalue weighted by molar-refractivity contribution is 7.91. The summed E-state index contributed by atoms with van der Waals surface area (Å²) in [5.74, 6) is 0.489. The van der Waals surface area contributed by atoms with Gasteiger partial charge in [0.25, 0.3) is 6.08 Å². The molecule has 1 aromatic heterocycles. The van der Waals surface area contributed by atoms with Crippen LogP contribution in [0.25, 0.3) is 0 Å². The smallest absolute Gasteiger partial charge is 0.435 e. The van der Waals surface area contributed by atoms with Crippen molar-refractivity contribution in [3.05, 3.63) is 18.0 Å². The third-order valence-corrected chi connectivity index (χ3v) is 2.87. The van der Waals surface area contributed by atoms with Gasteiger partial charge in [-0.15, -0.1) is 5.10 Å². The minimum absolute atomic E-state index is 0.0103. The van der Waals surface area contributed by atoms with E-state index in [9.17, 15) is 13.3 Å². The van der Waals surface area contributed by atoms with Crippen LogP contribution < -0.4 is 0 Å². The number of rotatable bonds is 6. The number of hydrogen-bond acceptors (Lipinski definition) is 4. The third kappa shape index (κ3) is 4.28. The molecule has 4 nitrogen and oxygen atoms in total. The molecule has 1 heterocycles. The van der Waals surface area contributed by atoms with E-state index < -0.39 is 17.3 Å². The first-order chi connectivity index (χ1) is 7.63. The summed E-state index contributed by atoms with van der Waals surface area (Å²) in [5, 5.41) is 7.31. The van der Waals surface area contributed by atoms with Gasteiger partial charge in [0.15, 0.2) is 0 Å². The maximum Gasteiger partial charge on any atom is 0.435 e. The van der Waals surface area contributed by atoms with Crippen LogP contribution in [0, 0.1) is 0 Å². The predicted octanol–water partition coefficient (Wildman–Crippen LogP) is 2.30. The van der Waals surface area contributed by atoms with Gasteiger partial charge in [-0.3, -0.25) is 0 Å². The SMILES string of the molecule is CCCc1nnc([S+]([O-])CCC=C(F)F)o1. The fraction of sp³-hybridized carbons (Fsp3) is 0.556. The van der Waals surface area contributed by atoms with Crippen LogP contribution in [0.4, 0.5) is 8.78 Å². The zero-order chi connectivity index (χ0) is 12.0. The van der Waals surface area contributed by atoms with E-state index in [1.165, 1.54) is 0 Å². The molecule has 1 rings (SSSR count). The largest absolute Gasteiger partial charge is 0.608 e. The second kappa shape index (κ2) is 6.59. The summed E-state index contributed by atoms with van der Waals surface area (Å²) in [6.45, 7) is 1.95. The Labute approximate surface area is 94.9 Å². The van der Waals surface area contributed by atoms with Gasteiger partial charge in [0, 0.05) is 24.0 Å². The highest BCUT2D eigenvalue weighted by Gasteiger charge is 2.18. The normalized spacial score (nSPS) is 12.5. The van der Waals surface area contributed by atoms with Crippen LogP contribution in [0.5, 0.6) is 0 Å². The van der Waals surface area contributed by atoms with Crippen LogP contribution in [-0.2, 0) is 17.6 Å². The predicted molar refractivity (Wildman–Crippen MR) is 54.5 cm³/mol. The van der Waals surface area contributed by atoms with Crippen molar-refractivity contribution in [2.24, 2.45) is 0 Å². The van der Waals surface area contributed by atoms with Crippen molar-refractivity contribution in [3.8, 4) is 0 Å². The Morgan fingerprint density at radius 2 is 2.25 bits per heavy atom. The number of aromatic nitrogens is 2. The quantitative estimate of drug-likeness (QED) is 0.727. The van der Waals surface area contributed by atoms with Gasteiger partial charge in [-0.2, -0.15) is 8.78 Å². The molecule has 0 bridgehead atoms. The van der Waals surface area contributed by atoms with Crippen molar-refractivity contribution in [2.45, 2.75) is 31.4 Å². The Morgan fingerprint density at radius 1 is 1.50 bits per heavy atom. The van der Waals surface area contributed by atoms with E-state index in [2.05, 4.69) is 10.2 Å². The van der Waals surface area contributed by atoms with E-state index in [1.54, 1.807) is 0 Å². The van der Waals surface area contributed by atoms with E-state index >= 15 is 0 Å². The van der Waals surface area contributed by atoms with E-state index in [4.69, 9.17) is 4.42 Å². The lowest BCUT2D eigenvalue weighted by atomic mass is 10.3. The summed E-state index contributed by atoms with van der Waals surface area (Å²) < 4.78 is 40.0. The minimum Gasteiger partial charge on any atom is -0.608 e. The van der Waals surface area contributed by atoms with E-state index in [0.717, 1.165) is 12.5 Å². The monoisotopic (exact) mass is 250 g/mol. The molecule has 0 saturated carbocycles. The summed E-state index contributed by atoms with van der Waals surface area (Å²) >= 11 is -1.50. The van der Waals surface area contributed by atoms with Crippen molar-refractivity contribution >= 4 is 11.2 Å². The lowest BCUT2D eigenvalue weighted by Gasteiger charge is -2.01. The first kappa shape index (κ1) is 13.1. The molecule has 16 heavy (non-hydrogen) atoms. The van der Waals surface area contributed by atoms with Gasteiger partial charge >= 0.3 is 5.22 Å². The van der Waals surface area contributed by atoms with Gasteiger partial charge in [0.2, 0.25) is 5.89 Å². The first-order valence-corrected chi connectivity index (χ1v) is 6.17. The van der Waals surface area contributed by atoms with Crippen LogP contribution in [-0.4, -0.2) is 20.5 Å². The molecular weight excluding hydrogens is 238 g/mol. The third-order valence-electron chi connectivity index (χ3n) is 1.71. The summed E-state index contributed by atoms with van der Waals surface area (Å²) in [4.78, 5) is 0. The Morgan fingerprint density at radius 3 is 2.88 bits per heavy atom. The van der Waals surface area contributed by atoms with Crippen molar-refractivity contribution in [3.63, 3.8) is 0 Å². The Balaban J connectivity index is 2.45. The van der Waals surface area contributed by atoms with Crippen LogP contribution in [0.2, 0.25) is 0 Å². The number of allylic oxidation sites excluding steroid dienone is 1. The topological polar surface area (TPSA) is 62.0 Å². The molecule has 0 aliphatic carbocycles. The molecule has 1 unspecified atom stereocenters. The zero-order valence-electron chi connectivity index (χ0n) is 8.78. The Bertz CT molecular complexity index is 353. The van der Waals surface area contributed by atoms with Crippen molar-refractivity contribution < 1.29 is 17.8 Å². The standard InChI is InChI=1S/C9H12F2N2O2S/c1-2-4-8-12-13-9(15-8)16(14)6-3-5-7(10)11/h5H,2-4,6H2,1H3. The molecule has 0 amide bonds. The number of nitrogens with zero attached hydrogens (tertiary/aromatic N) is 2. The van der Waals surface area contributed by atoms with Crippen LogP contribution in [0.15, 0.2) is 21.8 Å². The lowest BCUT2D eigenvalue weighted by Crippen LogP contribution is -2.06. The average Bonchev–Trinajstić information content (AvgIpc) is 2.66. The number of aryl methyl sites for hydroxylation is 1. The molecule has 1 atom stereocenters. The number of halogens is 2. The first-order valence-electron chi connectivity index (χ1n) is 4.85. The molecule has 1 aromatic rings. The van der Waals surface area contributed by atoms with Gasteiger partial charge < -0.3 is 8.97 Å². The van der Waals surface area contributed by atoms with Gasteiger partial charge in [-0.05, 0) is 12.5 Å². The van der Waals surface area contributed by atoms with Crippen LogP contribution in [0.1, 0.15) is 25.7 Å². The molecule has 90 valence electrons. The zero-order valence-corrected chi connectivity index (χ0v) is 9.60. The summed E-state index contributed by atoms with van der Waals surface area (Å²) in [6.07, 6.45) is 0.462. The van der Waals surface area contributed by atoms with E-state index in [0.29, 0.717) is 12.3 Å². The Kier molecular flexibility index (Phi) is 5.41. The lowest BCUT2D eigenvalue weighted by molar-refractivity contribution is 0.394. The van der Waals surface area contributed by atoms with Crippen molar-refractivity contribution in [1.82, 2.24) is 10.2 Å². The fourth-order valence-electron chi connectivity index (χ4n) is 1.01. The molecular formula is C9H12F2N2O2S. The van der Waals surface area contributed by atoms with Crippen molar-refractivity contribution in [2.75, 3.05) is 5.75 Å². The molecule has 7 heteroatoms.